The second-order valence-electron chi connectivity index (χ2n) is 13.5. The maximum atomic E-state index is 12.8. The number of esters is 1. The van der Waals surface area contributed by atoms with E-state index in [4.69, 9.17) is 38.3 Å². The lowest BCUT2D eigenvalue weighted by atomic mass is 9.93. The molecule has 0 spiro atoms. The maximum Gasteiger partial charge on any atom is 0.344 e. The number of nitrogens with two attached hydrogens (primary N) is 1. The summed E-state index contributed by atoms with van der Waals surface area (Å²) in [5.74, 6) is -6.30. The Morgan fingerprint density at radius 3 is 1.66 bits per heavy atom. The van der Waals surface area contributed by atoms with Crippen LogP contribution in [0.15, 0.2) is 97.3 Å². The number of hydrogen-bond donors (Lipinski definition) is 1. The molecule has 4 aromatic carbocycles. The predicted octanol–water partition coefficient (Wildman–Crippen LogP) is 7.27. The maximum absolute atomic E-state index is 12.8. The second kappa shape index (κ2) is 20.6. The van der Waals surface area contributed by atoms with Crippen LogP contribution in [0.2, 0.25) is 0 Å². The molecule has 2 unspecified atom stereocenters. The van der Waals surface area contributed by atoms with Gasteiger partial charge in [0.1, 0.15) is 41.3 Å². The van der Waals surface area contributed by atoms with Gasteiger partial charge >= 0.3 is 5.97 Å². The van der Waals surface area contributed by atoms with E-state index >= 15 is 0 Å². The molecule has 0 aromatic heterocycles. The molecular formula is C45H50N2O14. The molecule has 2 atom stereocenters. The number of nitrogen functional groups attached to an aromatic ring is 1. The Hall–Kier alpha value is -7.33. The summed E-state index contributed by atoms with van der Waals surface area (Å²) in [6.45, 7) is 9.81. The van der Waals surface area contributed by atoms with Gasteiger partial charge in [-0.15, -0.1) is 0 Å². The van der Waals surface area contributed by atoms with Crippen molar-refractivity contribution in [1.29, 1.82) is 0 Å². The number of Topliss-reactive ketones (excluding diaryl/α,β-unsaturated/α-hetero) is 6. The summed E-state index contributed by atoms with van der Waals surface area (Å²) in [5, 5.41) is 11.2. The Bertz CT molecular complexity index is 2390. The molecule has 16 nitrogen and oxygen atoms in total. The molecule has 0 amide bonds. The first-order valence-electron chi connectivity index (χ1n) is 22.2. The molecule has 61 heavy (non-hydrogen) atoms. The van der Waals surface area contributed by atoms with E-state index < -0.39 is 63.1 Å². The third-order valence-corrected chi connectivity index (χ3v) is 9.45. The first kappa shape index (κ1) is 40.4. The molecule has 1 fully saturated rings. The molecule has 1 heterocycles. The highest BCUT2D eigenvalue weighted by Gasteiger charge is 2.47. The Balaban J connectivity index is 0.000000553. The molecule has 2 aliphatic carbocycles. The molecular weight excluding hydrogens is 792 g/mol. The zero-order valence-corrected chi connectivity index (χ0v) is 33.3. The van der Waals surface area contributed by atoms with E-state index in [-0.39, 0.29) is 60.3 Å². The summed E-state index contributed by atoms with van der Waals surface area (Å²) >= 11 is 0. The Morgan fingerprint density at radius 1 is 0.721 bits per heavy atom. The van der Waals surface area contributed by atoms with E-state index in [1.165, 1.54) is 85.6 Å². The van der Waals surface area contributed by atoms with Crippen LogP contribution in [0.1, 0.15) is 99.2 Å². The number of fused-ring (bicyclic) bond motifs is 2. The average Bonchev–Trinajstić information content (AvgIpc) is 4.09. The standard InChI is InChI=1S/C21H17NO7.C20H17NO6.C4H8O.4H2/c1-3-28-12(2)11-29-14-9-7-13(8-10-14)19(23)18-20(24)15-5-4-6-16(22(26)27)17(15)21(18)25;1-2-26-15(22)10-27-12-8-6-11(7-9-12)18(23)17-19(24)13-4-3-5-14(21)16(13)20(17)25;1-2-4-5-3-1;;;;/h4-10,18H,2-3,11H2,1H3;3-9,17H,2,10,21H2,1H3;1-4H2;4*1H/i;;;3*1+1D;1+1. The van der Waals surface area contributed by atoms with Crippen molar-refractivity contribution < 1.29 is 72.5 Å². The molecule has 4 aromatic rings. The zero-order chi connectivity index (χ0) is 50.2. The fraction of sp³-hybridized carbons (Fsp3) is 0.267. The molecule has 1 saturated heterocycles. The summed E-state index contributed by atoms with van der Waals surface area (Å²) in [7, 11) is 0. The van der Waals surface area contributed by atoms with Crippen molar-refractivity contribution in [2.75, 3.05) is 45.4 Å². The van der Waals surface area contributed by atoms with E-state index in [0.29, 0.717) is 23.9 Å². The van der Waals surface area contributed by atoms with Crippen LogP contribution in [0.4, 0.5) is 11.4 Å². The molecule has 0 bridgehead atoms. The van der Waals surface area contributed by atoms with Crippen LogP contribution < -0.4 is 15.2 Å². The van der Waals surface area contributed by atoms with E-state index in [1.807, 2.05) is 6.92 Å². The molecule has 324 valence electrons. The highest BCUT2D eigenvalue weighted by atomic mass is 16.6. The van der Waals surface area contributed by atoms with Crippen molar-refractivity contribution in [2.24, 2.45) is 11.8 Å². The topological polar surface area (TPSA) is 235 Å². The minimum Gasteiger partial charge on any atom is -0.495 e. The van der Waals surface area contributed by atoms with Gasteiger partial charge in [-0.05, 0) is 81.3 Å². The van der Waals surface area contributed by atoms with E-state index in [1.54, 1.807) is 13.0 Å². The van der Waals surface area contributed by atoms with Crippen LogP contribution in [-0.4, -0.2) is 85.2 Å². The molecule has 7 rings (SSSR count). The minimum atomic E-state index is -1.62. The summed E-state index contributed by atoms with van der Waals surface area (Å²) < 4.78 is 55.6. The van der Waals surface area contributed by atoms with Crippen molar-refractivity contribution in [3.63, 3.8) is 0 Å². The largest absolute Gasteiger partial charge is 0.495 e. The Morgan fingerprint density at radius 2 is 1.20 bits per heavy atom. The molecule has 16 heteroatoms. The second-order valence-corrected chi connectivity index (χ2v) is 13.5. The van der Waals surface area contributed by atoms with Crippen molar-refractivity contribution in [3.05, 3.63) is 141 Å². The van der Waals surface area contributed by atoms with Gasteiger partial charge in [0.15, 0.2) is 41.3 Å². The summed E-state index contributed by atoms with van der Waals surface area (Å²) in [4.78, 5) is 97.5. The zero-order valence-electron chi connectivity index (χ0n) is 39.3. The quantitative estimate of drug-likeness (QED) is 0.0250. The number of nitrogens with zero attached hydrogens (tertiary/aromatic N) is 1. The van der Waals surface area contributed by atoms with Gasteiger partial charge in [0.05, 0.1) is 23.7 Å². The van der Waals surface area contributed by atoms with E-state index in [2.05, 4.69) is 6.58 Å². The van der Waals surface area contributed by atoms with Crippen molar-refractivity contribution in [2.45, 2.75) is 26.7 Å². The number of anilines is 1. The lowest BCUT2D eigenvalue weighted by Crippen LogP contribution is -2.25. The van der Waals surface area contributed by atoms with E-state index in [9.17, 15) is 43.7 Å². The molecule has 0 saturated carbocycles. The third-order valence-electron chi connectivity index (χ3n) is 9.45. The summed E-state index contributed by atoms with van der Waals surface area (Å²) in [5.41, 5.74) is 5.68. The van der Waals surface area contributed by atoms with Gasteiger partial charge in [-0.2, -0.15) is 0 Å². The first-order chi connectivity index (χ1) is 32.3. The third kappa shape index (κ3) is 10.5. The van der Waals surface area contributed by atoms with Gasteiger partial charge in [-0.1, -0.05) is 30.8 Å². The van der Waals surface area contributed by atoms with Crippen LogP contribution in [0, 0.1) is 22.0 Å². The van der Waals surface area contributed by atoms with E-state index in [0.717, 1.165) is 19.3 Å². The van der Waals surface area contributed by atoms with Gasteiger partial charge in [-0.25, -0.2) is 4.79 Å². The number of nitro benzene ring substituents is 1. The number of benzene rings is 4. The highest BCUT2D eigenvalue weighted by molar-refractivity contribution is 6.39. The lowest BCUT2D eigenvalue weighted by Gasteiger charge is -2.10. The van der Waals surface area contributed by atoms with Crippen LogP contribution >= 0.6 is 0 Å². The number of carbonyl (C=O) groups excluding carboxylic acids is 7. The normalized spacial score (nSPS) is 16.3. The highest BCUT2D eigenvalue weighted by Crippen LogP contribution is 2.36. The van der Waals surface area contributed by atoms with Crippen molar-refractivity contribution in [3.8, 4) is 11.5 Å². The fourth-order valence-electron chi connectivity index (χ4n) is 6.55. The number of ether oxygens (including phenoxy) is 5. The molecule has 1 aliphatic heterocycles. The average molecular weight is 850 g/mol. The Labute approximate surface area is 360 Å². The first-order valence-corrected chi connectivity index (χ1v) is 19.2. The number of nitro groups is 1. The monoisotopic (exact) mass is 849 g/mol. The number of rotatable bonds is 14. The number of ketones is 6. The molecule has 0 radical (unpaired) electrons. The smallest absolute Gasteiger partial charge is 0.344 e. The van der Waals surface area contributed by atoms with Crippen LogP contribution in [0.5, 0.6) is 11.5 Å². The number of hydrogen-bond acceptors (Lipinski definition) is 15. The van der Waals surface area contributed by atoms with Gasteiger partial charge < -0.3 is 29.4 Å². The van der Waals surface area contributed by atoms with Crippen molar-refractivity contribution >= 4 is 52.0 Å². The van der Waals surface area contributed by atoms with Crippen LogP contribution in [-0.2, 0) is 19.0 Å². The molecule has 3 aliphatic rings. The van der Waals surface area contributed by atoms with Crippen molar-refractivity contribution in [1.82, 2.24) is 0 Å². The van der Waals surface area contributed by atoms with Crippen LogP contribution in [0.25, 0.3) is 0 Å². The SMILES string of the molecule is C1CCOC1.C=C(COc1ccc(C(=O)C2C(=O)c3cccc([N+](=O)[O-])c3C2=O)cc1)OCC.CCOC(=O)COc1ccc(C(=O)C2C(=O)c3cccc(N)c3C2=O)cc1.[2HH].[2H][2H].[2H][2H].[2H][2H]. The summed E-state index contributed by atoms with van der Waals surface area (Å²) in [6.07, 6.45) is 2.56. The molecule has 2 N–H and O–H groups in total. The fourth-order valence-corrected chi connectivity index (χ4v) is 6.55. The van der Waals surface area contributed by atoms with Gasteiger partial charge in [0.25, 0.3) is 5.69 Å². The Kier molecular flexibility index (Phi) is 13.6. The minimum absolute atomic E-state index is 0. The predicted molar refractivity (Wildman–Crippen MR) is 227 cm³/mol. The lowest BCUT2D eigenvalue weighted by molar-refractivity contribution is -0.385. The van der Waals surface area contributed by atoms with Gasteiger partial charge in [0, 0.05) is 57.6 Å². The number of carbonyl (C=O) groups is 7. The van der Waals surface area contributed by atoms with Gasteiger partial charge in [-0.3, -0.25) is 38.9 Å². The summed E-state index contributed by atoms with van der Waals surface area (Å²) in [6, 6.07) is 20.1. The van der Waals surface area contributed by atoms with Crippen LogP contribution in [0.3, 0.4) is 0 Å². The van der Waals surface area contributed by atoms with Gasteiger partial charge in [0.2, 0.25) is 0 Å².